The Kier molecular flexibility index (Phi) is 6.52. The first kappa shape index (κ1) is 18.9. The van der Waals surface area contributed by atoms with Crippen LogP contribution in [0.3, 0.4) is 0 Å². The zero-order chi connectivity index (χ0) is 18.4. The molecule has 1 heterocycles. The fraction of sp³-hybridized carbons (Fsp3) is 0.389. The first-order valence-electron chi connectivity index (χ1n) is 8.11. The third-order valence-corrected chi connectivity index (χ3v) is 4.94. The first-order chi connectivity index (χ1) is 12.0. The molecule has 2 aromatic rings. The van der Waals surface area contributed by atoms with Crippen LogP contribution >= 0.6 is 11.3 Å². The van der Waals surface area contributed by atoms with Crippen LogP contribution in [0, 0.1) is 6.92 Å². The molecule has 134 valence electrons. The molecule has 25 heavy (non-hydrogen) atoms. The smallest absolute Gasteiger partial charge is 0.335 e. The van der Waals surface area contributed by atoms with Crippen LogP contribution in [0.4, 0.5) is 0 Å². The molecular weight excluding hydrogens is 340 g/mol. The number of aromatic nitrogens is 1. The lowest BCUT2D eigenvalue weighted by Gasteiger charge is -2.10. The van der Waals surface area contributed by atoms with E-state index in [0.717, 1.165) is 29.1 Å². The Balaban J connectivity index is 1.98. The average Bonchev–Trinajstić information content (AvgIpc) is 2.95. The van der Waals surface area contributed by atoms with Crippen molar-refractivity contribution in [3.8, 4) is 5.75 Å². The molecule has 0 fully saturated rings. The standard InChI is InChI=1S/C18H22N2O4S/c1-4-5-15-20-11(2)16(25-15)17(21)19-9-8-12-6-7-13(18(22)23)10-14(12)24-3/h6-7,10H,4-5,8-9H2,1-3H3,(H,19,21)(H,22,23). The topological polar surface area (TPSA) is 88.5 Å². The van der Waals surface area contributed by atoms with Gasteiger partial charge in [-0.05, 0) is 43.9 Å². The summed E-state index contributed by atoms with van der Waals surface area (Å²) in [6.45, 7) is 4.36. The summed E-state index contributed by atoms with van der Waals surface area (Å²) in [5, 5.41) is 12.9. The molecule has 0 aliphatic heterocycles. The van der Waals surface area contributed by atoms with Crippen LogP contribution in [0.15, 0.2) is 18.2 Å². The molecule has 0 aliphatic carbocycles. The summed E-state index contributed by atoms with van der Waals surface area (Å²) < 4.78 is 5.24. The first-order valence-corrected chi connectivity index (χ1v) is 8.92. The number of carboxylic acids is 1. The number of carbonyl (C=O) groups is 2. The molecule has 6 nitrogen and oxygen atoms in total. The number of benzene rings is 1. The van der Waals surface area contributed by atoms with Crippen molar-refractivity contribution in [3.05, 3.63) is 44.9 Å². The van der Waals surface area contributed by atoms with Crippen LogP contribution in [-0.2, 0) is 12.8 Å². The third kappa shape index (κ3) is 4.79. The molecule has 0 aliphatic rings. The predicted molar refractivity (Wildman–Crippen MR) is 96.8 cm³/mol. The number of thiazole rings is 1. The molecule has 0 saturated carbocycles. The van der Waals surface area contributed by atoms with Crippen LogP contribution in [0.5, 0.6) is 5.75 Å². The fourth-order valence-electron chi connectivity index (χ4n) is 2.46. The summed E-state index contributed by atoms with van der Waals surface area (Å²) in [5.41, 5.74) is 1.78. The van der Waals surface area contributed by atoms with E-state index in [4.69, 9.17) is 9.84 Å². The lowest BCUT2D eigenvalue weighted by Crippen LogP contribution is -2.25. The molecule has 1 aromatic heterocycles. The minimum absolute atomic E-state index is 0.126. The third-order valence-electron chi connectivity index (χ3n) is 3.72. The summed E-state index contributed by atoms with van der Waals surface area (Å²) in [4.78, 5) is 28.4. The van der Waals surface area contributed by atoms with Crippen LogP contribution in [-0.4, -0.2) is 35.6 Å². The van der Waals surface area contributed by atoms with Crippen LogP contribution in [0.1, 0.15) is 49.6 Å². The number of ether oxygens (including phenoxy) is 1. The summed E-state index contributed by atoms with van der Waals surface area (Å²) in [5.74, 6) is -0.617. The molecule has 0 unspecified atom stereocenters. The summed E-state index contributed by atoms with van der Waals surface area (Å²) in [7, 11) is 1.50. The van der Waals surface area contributed by atoms with Gasteiger partial charge in [0.05, 0.1) is 23.4 Å². The molecule has 0 spiro atoms. The van der Waals surface area contributed by atoms with E-state index < -0.39 is 5.97 Å². The van der Waals surface area contributed by atoms with Crippen LogP contribution < -0.4 is 10.1 Å². The number of amides is 1. The average molecular weight is 362 g/mol. The SMILES string of the molecule is CCCc1nc(C)c(C(=O)NCCc2ccc(C(=O)O)cc2OC)s1. The second-order valence-corrected chi connectivity index (χ2v) is 6.69. The Bertz CT molecular complexity index is 770. The molecule has 7 heteroatoms. The maximum Gasteiger partial charge on any atom is 0.335 e. The molecule has 0 atom stereocenters. The highest BCUT2D eigenvalue weighted by atomic mass is 32.1. The molecule has 1 aromatic carbocycles. The highest BCUT2D eigenvalue weighted by Crippen LogP contribution is 2.21. The Morgan fingerprint density at radius 3 is 2.72 bits per heavy atom. The van der Waals surface area contributed by atoms with Gasteiger partial charge in [-0.3, -0.25) is 4.79 Å². The normalized spacial score (nSPS) is 10.5. The van der Waals surface area contributed by atoms with E-state index >= 15 is 0 Å². The van der Waals surface area contributed by atoms with Crippen molar-refractivity contribution < 1.29 is 19.4 Å². The van der Waals surface area contributed by atoms with Gasteiger partial charge in [0, 0.05) is 6.54 Å². The maximum atomic E-state index is 12.3. The van der Waals surface area contributed by atoms with E-state index in [9.17, 15) is 9.59 Å². The van der Waals surface area contributed by atoms with Crippen molar-refractivity contribution >= 4 is 23.2 Å². The number of hydrogen-bond acceptors (Lipinski definition) is 5. The minimum atomic E-state index is -0.998. The number of nitrogens with one attached hydrogen (secondary N) is 1. The van der Waals surface area contributed by atoms with E-state index in [0.29, 0.717) is 23.6 Å². The van der Waals surface area contributed by atoms with E-state index in [2.05, 4.69) is 17.2 Å². The Labute approximate surface area is 150 Å². The van der Waals surface area contributed by atoms with Gasteiger partial charge in [-0.15, -0.1) is 11.3 Å². The lowest BCUT2D eigenvalue weighted by atomic mass is 10.1. The molecule has 0 saturated heterocycles. The number of hydrogen-bond donors (Lipinski definition) is 2. The Morgan fingerprint density at radius 1 is 1.32 bits per heavy atom. The van der Waals surface area contributed by atoms with Gasteiger partial charge >= 0.3 is 5.97 Å². The monoisotopic (exact) mass is 362 g/mol. The number of carbonyl (C=O) groups excluding carboxylic acids is 1. The molecule has 0 bridgehead atoms. The van der Waals surface area contributed by atoms with Gasteiger partial charge in [0.2, 0.25) is 0 Å². The van der Waals surface area contributed by atoms with Gasteiger partial charge in [0.15, 0.2) is 0 Å². The molecule has 1 amide bonds. The Hall–Kier alpha value is -2.41. The Morgan fingerprint density at radius 2 is 2.08 bits per heavy atom. The second-order valence-electron chi connectivity index (χ2n) is 5.61. The van der Waals surface area contributed by atoms with Crippen molar-refractivity contribution in [2.45, 2.75) is 33.1 Å². The predicted octanol–water partition coefficient (Wildman–Crippen LogP) is 3.08. The lowest BCUT2D eigenvalue weighted by molar-refractivity contribution is 0.0696. The van der Waals surface area contributed by atoms with Crippen LogP contribution in [0.2, 0.25) is 0 Å². The van der Waals surface area contributed by atoms with E-state index in [1.165, 1.54) is 30.6 Å². The highest BCUT2D eigenvalue weighted by Gasteiger charge is 2.15. The molecule has 0 radical (unpaired) electrons. The largest absolute Gasteiger partial charge is 0.496 e. The van der Waals surface area contributed by atoms with Gasteiger partial charge in [-0.25, -0.2) is 9.78 Å². The van der Waals surface area contributed by atoms with E-state index in [1.807, 2.05) is 6.92 Å². The molecule has 2 rings (SSSR count). The van der Waals surface area contributed by atoms with Gasteiger partial charge in [0.25, 0.3) is 5.91 Å². The fourth-order valence-corrected chi connectivity index (χ4v) is 3.54. The second kappa shape index (κ2) is 8.62. The number of methoxy groups -OCH3 is 1. The number of aromatic carboxylic acids is 1. The van der Waals surface area contributed by atoms with Crippen molar-refractivity contribution in [2.24, 2.45) is 0 Å². The van der Waals surface area contributed by atoms with Gasteiger partial charge in [-0.2, -0.15) is 0 Å². The van der Waals surface area contributed by atoms with Gasteiger partial charge in [0.1, 0.15) is 10.6 Å². The summed E-state index contributed by atoms with van der Waals surface area (Å²) >= 11 is 1.44. The van der Waals surface area contributed by atoms with Crippen LogP contribution in [0.25, 0.3) is 0 Å². The van der Waals surface area contributed by atoms with Gasteiger partial charge < -0.3 is 15.2 Å². The quantitative estimate of drug-likeness (QED) is 0.753. The summed E-state index contributed by atoms with van der Waals surface area (Å²) in [6, 6.07) is 4.74. The van der Waals surface area contributed by atoms with E-state index in [1.54, 1.807) is 6.07 Å². The van der Waals surface area contributed by atoms with E-state index in [-0.39, 0.29) is 11.5 Å². The number of carboxylic acid groups (broad SMARTS) is 1. The maximum absolute atomic E-state index is 12.3. The van der Waals surface area contributed by atoms with Crippen molar-refractivity contribution in [2.75, 3.05) is 13.7 Å². The zero-order valence-electron chi connectivity index (χ0n) is 14.6. The minimum Gasteiger partial charge on any atom is -0.496 e. The number of nitrogens with zero attached hydrogens (tertiary/aromatic N) is 1. The highest BCUT2D eigenvalue weighted by molar-refractivity contribution is 7.13. The molecular formula is C18H22N2O4S. The van der Waals surface area contributed by atoms with Crippen molar-refractivity contribution in [1.82, 2.24) is 10.3 Å². The summed E-state index contributed by atoms with van der Waals surface area (Å²) in [6.07, 6.45) is 2.43. The van der Waals surface area contributed by atoms with Crippen molar-refractivity contribution in [1.29, 1.82) is 0 Å². The zero-order valence-corrected chi connectivity index (χ0v) is 15.4. The van der Waals surface area contributed by atoms with Crippen molar-refractivity contribution in [3.63, 3.8) is 0 Å². The molecule has 2 N–H and O–H groups in total. The number of rotatable bonds is 8. The van der Waals surface area contributed by atoms with Gasteiger partial charge in [-0.1, -0.05) is 13.0 Å². The number of aryl methyl sites for hydroxylation is 2.